The minimum Gasteiger partial charge on any atom is -0.339 e. The van der Waals surface area contributed by atoms with E-state index in [-0.39, 0.29) is 0 Å². The molecule has 2 heterocycles. The number of aromatic nitrogens is 5. The second kappa shape index (κ2) is 5.88. The van der Waals surface area contributed by atoms with Crippen molar-refractivity contribution in [3.8, 4) is 11.4 Å². The van der Waals surface area contributed by atoms with Gasteiger partial charge in [0.05, 0.1) is 11.9 Å². The second-order valence-electron chi connectivity index (χ2n) is 5.78. The molecule has 0 aliphatic carbocycles. The first kappa shape index (κ1) is 14.6. The maximum Gasteiger partial charge on any atom is 0.231 e. The molecule has 0 atom stereocenters. The van der Waals surface area contributed by atoms with E-state index in [1.54, 1.807) is 0 Å². The van der Waals surface area contributed by atoms with Crippen LogP contribution in [-0.4, -0.2) is 25.1 Å². The normalized spacial score (nSPS) is 11.2. The molecule has 0 radical (unpaired) electrons. The van der Waals surface area contributed by atoms with Gasteiger partial charge in [-0.25, -0.2) is 4.68 Å². The highest BCUT2D eigenvalue weighted by Crippen LogP contribution is 2.22. The molecule has 0 fully saturated rings. The Hall–Kier alpha value is -3.02. The van der Waals surface area contributed by atoms with Crippen molar-refractivity contribution in [3.05, 3.63) is 59.5 Å². The quantitative estimate of drug-likeness (QED) is 0.576. The van der Waals surface area contributed by atoms with Crippen molar-refractivity contribution in [1.82, 2.24) is 25.1 Å². The highest BCUT2D eigenvalue weighted by Gasteiger charge is 2.12. The molecule has 0 saturated heterocycles. The Morgan fingerprint density at radius 1 is 1.08 bits per heavy atom. The molecule has 0 spiro atoms. The monoisotopic (exact) mass is 319 g/mol. The van der Waals surface area contributed by atoms with Gasteiger partial charge in [0.1, 0.15) is 5.52 Å². The van der Waals surface area contributed by atoms with E-state index in [0.717, 1.165) is 28.7 Å². The van der Waals surface area contributed by atoms with Crippen LogP contribution in [-0.2, 0) is 13.0 Å². The van der Waals surface area contributed by atoms with Crippen LogP contribution in [0.1, 0.15) is 23.9 Å². The lowest BCUT2D eigenvalue weighted by Gasteiger charge is -1.98. The summed E-state index contributed by atoms with van der Waals surface area (Å²) >= 11 is 0. The summed E-state index contributed by atoms with van der Waals surface area (Å²) in [6.45, 7) is 4.88. The molecular weight excluding hydrogens is 302 g/mol. The maximum absolute atomic E-state index is 5.40. The molecular formula is C18H17N5O. The van der Waals surface area contributed by atoms with Gasteiger partial charge in [-0.3, -0.25) is 0 Å². The molecule has 2 aromatic heterocycles. The molecule has 2 aromatic carbocycles. The van der Waals surface area contributed by atoms with Crippen LogP contribution in [0, 0.1) is 6.92 Å². The number of hydrogen-bond donors (Lipinski definition) is 0. The standard InChI is InChI=1S/C18H17N5O/c1-3-23-16-11-14(8-9-15(16)20-22-23)18-19-17(24-21-18)10-13-6-4-12(2)5-7-13/h4-9,11H,3,10H2,1-2H3. The lowest BCUT2D eigenvalue weighted by molar-refractivity contribution is 0.385. The Kier molecular flexibility index (Phi) is 3.57. The molecule has 6 heteroatoms. The van der Waals surface area contributed by atoms with Crippen LogP contribution in [0.25, 0.3) is 22.4 Å². The van der Waals surface area contributed by atoms with Crippen LogP contribution in [0.5, 0.6) is 0 Å². The fourth-order valence-electron chi connectivity index (χ4n) is 2.66. The summed E-state index contributed by atoms with van der Waals surface area (Å²) in [4.78, 5) is 4.52. The molecule has 120 valence electrons. The van der Waals surface area contributed by atoms with Gasteiger partial charge in [0, 0.05) is 12.1 Å². The van der Waals surface area contributed by atoms with E-state index in [1.807, 2.05) is 29.8 Å². The summed E-state index contributed by atoms with van der Waals surface area (Å²) in [7, 11) is 0. The minimum atomic E-state index is 0.586. The highest BCUT2D eigenvalue weighted by atomic mass is 16.5. The van der Waals surface area contributed by atoms with Crippen LogP contribution in [0.2, 0.25) is 0 Å². The van der Waals surface area contributed by atoms with Crippen LogP contribution in [0.15, 0.2) is 47.0 Å². The summed E-state index contributed by atoms with van der Waals surface area (Å²) < 4.78 is 7.26. The number of rotatable bonds is 4. The predicted octanol–water partition coefficient (Wildman–Crippen LogP) is 3.40. The van der Waals surface area contributed by atoms with Crippen molar-refractivity contribution in [1.29, 1.82) is 0 Å². The zero-order chi connectivity index (χ0) is 16.5. The Bertz CT molecular complexity index is 984. The Morgan fingerprint density at radius 3 is 2.71 bits per heavy atom. The molecule has 0 saturated carbocycles. The van der Waals surface area contributed by atoms with E-state index in [0.29, 0.717) is 18.1 Å². The first-order chi connectivity index (χ1) is 11.7. The number of benzene rings is 2. The van der Waals surface area contributed by atoms with Crippen molar-refractivity contribution in [2.75, 3.05) is 0 Å². The van der Waals surface area contributed by atoms with Crippen molar-refractivity contribution in [2.24, 2.45) is 0 Å². The third kappa shape index (κ3) is 2.67. The molecule has 0 aliphatic heterocycles. The summed E-state index contributed by atoms with van der Waals surface area (Å²) in [5.41, 5.74) is 5.13. The second-order valence-corrected chi connectivity index (χ2v) is 5.78. The average Bonchev–Trinajstić information content (AvgIpc) is 3.23. The van der Waals surface area contributed by atoms with Crippen molar-refractivity contribution < 1.29 is 4.52 Å². The zero-order valence-corrected chi connectivity index (χ0v) is 13.6. The van der Waals surface area contributed by atoms with E-state index >= 15 is 0 Å². The molecule has 24 heavy (non-hydrogen) atoms. The van der Waals surface area contributed by atoms with Gasteiger partial charge in [0.25, 0.3) is 0 Å². The topological polar surface area (TPSA) is 69.6 Å². The molecule has 0 amide bonds. The molecule has 0 N–H and O–H groups in total. The largest absolute Gasteiger partial charge is 0.339 e. The van der Waals surface area contributed by atoms with Gasteiger partial charge in [0.2, 0.25) is 11.7 Å². The van der Waals surface area contributed by atoms with E-state index in [9.17, 15) is 0 Å². The van der Waals surface area contributed by atoms with E-state index < -0.39 is 0 Å². The van der Waals surface area contributed by atoms with Crippen LogP contribution >= 0.6 is 0 Å². The third-order valence-electron chi connectivity index (χ3n) is 4.02. The fraction of sp³-hybridized carbons (Fsp3) is 0.222. The minimum absolute atomic E-state index is 0.586. The van der Waals surface area contributed by atoms with Crippen LogP contribution in [0.4, 0.5) is 0 Å². The van der Waals surface area contributed by atoms with E-state index in [1.165, 1.54) is 5.56 Å². The van der Waals surface area contributed by atoms with E-state index in [4.69, 9.17) is 4.52 Å². The van der Waals surface area contributed by atoms with Crippen molar-refractivity contribution in [2.45, 2.75) is 26.8 Å². The Morgan fingerprint density at radius 2 is 1.92 bits per heavy atom. The molecule has 4 rings (SSSR count). The Balaban J connectivity index is 1.63. The highest BCUT2D eigenvalue weighted by molar-refractivity contribution is 5.79. The Labute approximate surface area is 139 Å². The lowest BCUT2D eigenvalue weighted by atomic mass is 10.1. The zero-order valence-electron chi connectivity index (χ0n) is 13.6. The van der Waals surface area contributed by atoms with E-state index in [2.05, 4.69) is 51.6 Å². The molecule has 6 nitrogen and oxygen atoms in total. The molecule has 4 aromatic rings. The summed E-state index contributed by atoms with van der Waals surface area (Å²) in [5, 5.41) is 12.4. The average molecular weight is 319 g/mol. The summed E-state index contributed by atoms with van der Waals surface area (Å²) in [5.74, 6) is 1.19. The van der Waals surface area contributed by atoms with Gasteiger partial charge in [-0.1, -0.05) is 40.2 Å². The van der Waals surface area contributed by atoms with Gasteiger partial charge in [-0.2, -0.15) is 4.98 Å². The number of nitrogens with zero attached hydrogens (tertiary/aromatic N) is 5. The number of hydrogen-bond acceptors (Lipinski definition) is 5. The van der Waals surface area contributed by atoms with Gasteiger partial charge >= 0.3 is 0 Å². The summed E-state index contributed by atoms with van der Waals surface area (Å²) in [6.07, 6.45) is 0.629. The van der Waals surface area contributed by atoms with Crippen molar-refractivity contribution >= 4 is 11.0 Å². The predicted molar refractivity (Wildman–Crippen MR) is 90.5 cm³/mol. The van der Waals surface area contributed by atoms with Crippen LogP contribution < -0.4 is 0 Å². The third-order valence-corrected chi connectivity index (χ3v) is 4.02. The van der Waals surface area contributed by atoms with Gasteiger partial charge in [-0.05, 0) is 37.6 Å². The maximum atomic E-state index is 5.40. The molecule has 0 unspecified atom stereocenters. The molecule has 0 aliphatic rings. The van der Waals surface area contributed by atoms with Gasteiger partial charge in [-0.15, -0.1) is 5.10 Å². The lowest BCUT2D eigenvalue weighted by Crippen LogP contribution is -1.96. The molecule has 0 bridgehead atoms. The van der Waals surface area contributed by atoms with Gasteiger partial charge in [0.15, 0.2) is 0 Å². The van der Waals surface area contributed by atoms with Gasteiger partial charge < -0.3 is 4.52 Å². The van der Waals surface area contributed by atoms with Crippen molar-refractivity contribution in [3.63, 3.8) is 0 Å². The fourth-order valence-corrected chi connectivity index (χ4v) is 2.66. The summed E-state index contributed by atoms with van der Waals surface area (Å²) in [6, 6.07) is 14.2. The SMILES string of the molecule is CCn1nnc2ccc(-c3noc(Cc4ccc(C)cc4)n3)cc21. The first-order valence-corrected chi connectivity index (χ1v) is 7.94. The van der Waals surface area contributed by atoms with Crippen LogP contribution in [0.3, 0.4) is 0 Å². The smallest absolute Gasteiger partial charge is 0.231 e. The number of aryl methyl sites for hydroxylation is 2. The first-order valence-electron chi connectivity index (χ1n) is 7.94. The number of fused-ring (bicyclic) bond motifs is 1.